The first-order chi connectivity index (χ1) is 4.84. The van der Waals surface area contributed by atoms with Gasteiger partial charge in [0.15, 0.2) is 0 Å². The summed E-state index contributed by atoms with van der Waals surface area (Å²) in [6.45, 7) is 5.77. The molecule has 1 fully saturated rings. The molecule has 0 amide bonds. The van der Waals surface area contributed by atoms with Crippen molar-refractivity contribution in [2.75, 3.05) is 19.8 Å². The van der Waals surface area contributed by atoms with Gasteiger partial charge in [-0.3, -0.25) is 0 Å². The molecule has 55 valence electrons. The van der Waals surface area contributed by atoms with E-state index in [9.17, 15) is 0 Å². The summed E-state index contributed by atoms with van der Waals surface area (Å²) in [6.07, 6.45) is 0. The Morgan fingerprint density at radius 1 is 1.70 bits per heavy atom. The predicted octanol–water partition coefficient (Wildman–Crippen LogP) is 1.39. The first kappa shape index (κ1) is 7.38. The van der Waals surface area contributed by atoms with Crippen molar-refractivity contribution in [2.45, 2.75) is 0 Å². The lowest BCUT2D eigenvalue weighted by Crippen LogP contribution is -2.11. The molecule has 2 unspecified atom stereocenters. The van der Waals surface area contributed by atoms with Crippen LogP contribution in [0.25, 0.3) is 10.4 Å². The molecule has 1 saturated heterocycles. The number of nitrogens with zero attached hydrogens (tertiary/aromatic N) is 3. The SMILES string of the molecule is [CH2]C1COCC1CN=[N+]=[N-]. The van der Waals surface area contributed by atoms with E-state index in [1.165, 1.54) is 0 Å². The molecule has 0 spiro atoms. The zero-order chi connectivity index (χ0) is 7.40. The molecule has 1 heterocycles. The molecule has 1 rings (SSSR count). The molecule has 2 atom stereocenters. The molecule has 4 nitrogen and oxygen atoms in total. The van der Waals surface area contributed by atoms with E-state index in [1.807, 2.05) is 0 Å². The van der Waals surface area contributed by atoms with Crippen molar-refractivity contribution in [1.82, 2.24) is 0 Å². The minimum absolute atomic E-state index is 0.297. The summed E-state index contributed by atoms with van der Waals surface area (Å²) in [7, 11) is 0. The number of rotatable bonds is 2. The molecule has 1 radical (unpaired) electrons. The highest BCUT2D eigenvalue weighted by atomic mass is 16.5. The molecule has 1 aliphatic rings. The standard InChI is InChI=1S/C6H10N3O/c1-5-3-10-4-6(5)2-8-9-7/h5-6H,1-4H2. The van der Waals surface area contributed by atoms with Gasteiger partial charge in [-0.25, -0.2) is 0 Å². The van der Waals surface area contributed by atoms with Gasteiger partial charge in [-0.05, 0) is 24.3 Å². The van der Waals surface area contributed by atoms with E-state index >= 15 is 0 Å². The molecule has 0 bridgehead atoms. The van der Waals surface area contributed by atoms with Crippen molar-refractivity contribution in [3.63, 3.8) is 0 Å². The predicted molar refractivity (Wildman–Crippen MR) is 37.2 cm³/mol. The second-order valence-electron chi connectivity index (χ2n) is 2.47. The topological polar surface area (TPSA) is 58.0 Å². The third-order valence-electron chi connectivity index (χ3n) is 1.71. The van der Waals surface area contributed by atoms with Crippen LogP contribution >= 0.6 is 0 Å². The molecule has 0 aromatic carbocycles. The van der Waals surface area contributed by atoms with Gasteiger partial charge >= 0.3 is 0 Å². The lowest BCUT2D eigenvalue weighted by atomic mass is 9.99. The van der Waals surface area contributed by atoms with Crippen molar-refractivity contribution in [2.24, 2.45) is 17.0 Å². The summed E-state index contributed by atoms with van der Waals surface area (Å²) in [6, 6.07) is 0. The quantitative estimate of drug-likeness (QED) is 0.325. The lowest BCUT2D eigenvalue weighted by molar-refractivity contribution is 0.183. The summed E-state index contributed by atoms with van der Waals surface area (Å²) in [4.78, 5) is 2.68. The Labute approximate surface area is 59.8 Å². The first-order valence-electron chi connectivity index (χ1n) is 3.26. The maximum Gasteiger partial charge on any atom is 0.0499 e. The Hall–Kier alpha value is -0.730. The summed E-state index contributed by atoms with van der Waals surface area (Å²) >= 11 is 0. The lowest BCUT2D eigenvalue weighted by Gasteiger charge is -2.07. The number of hydrogen-bond acceptors (Lipinski definition) is 2. The minimum atomic E-state index is 0.297. The van der Waals surface area contributed by atoms with Crippen LogP contribution < -0.4 is 0 Å². The van der Waals surface area contributed by atoms with Crippen LogP contribution in [0.5, 0.6) is 0 Å². The van der Waals surface area contributed by atoms with Crippen LogP contribution in [0.15, 0.2) is 5.11 Å². The third kappa shape index (κ3) is 1.62. The molecular formula is C6H10N3O. The molecular weight excluding hydrogens is 130 g/mol. The highest BCUT2D eigenvalue weighted by molar-refractivity contribution is 4.78. The fourth-order valence-electron chi connectivity index (χ4n) is 0.986. The maximum atomic E-state index is 8.01. The normalized spacial score (nSPS) is 31.7. The van der Waals surface area contributed by atoms with Gasteiger partial charge in [0.05, 0.1) is 0 Å². The Balaban J connectivity index is 2.32. The van der Waals surface area contributed by atoms with E-state index in [1.54, 1.807) is 0 Å². The van der Waals surface area contributed by atoms with Gasteiger partial charge in [0.25, 0.3) is 0 Å². The van der Waals surface area contributed by atoms with Crippen LogP contribution in [0.2, 0.25) is 0 Å². The summed E-state index contributed by atoms with van der Waals surface area (Å²) in [5, 5.41) is 3.46. The van der Waals surface area contributed by atoms with Crippen molar-refractivity contribution < 1.29 is 4.74 Å². The van der Waals surface area contributed by atoms with E-state index in [4.69, 9.17) is 10.3 Å². The van der Waals surface area contributed by atoms with Gasteiger partial charge in [0.1, 0.15) is 0 Å². The second kappa shape index (κ2) is 3.44. The summed E-state index contributed by atoms with van der Waals surface area (Å²) in [5.41, 5.74) is 8.01. The van der Waals surface area contributed by atoms with E-state index < -0.39 is 0 Å². The van der Waals surface area contributed by atoms with E-state index in [0.717, 1.165) is 0 Å². The van der Waals surface area contributed by atoms with Gasteiger partial charge in [-0.15, -0.1) is 0 Å². The molecule has 0 aliphatic carbocycles. The largest absolute Gasteiger partial charge is 0.381 e. The average molecular weight is 140 g/mol. The molecule has 0 saturated carbocycles. The molecule has 1 aliphatic heterocycles. The second-order valence-corrected chi connectivity index (χ2v) is 2.47. The number of hydrogen-bond donors (Lipinski definition) is 0. The highest BCUT2D eigenvalue weighted by Gasteiger charge is 2.22. The smallest absolute Gasteiger partial charge is 0.0499 e. The fraction of sp³-hybridized carbons (Fsp3) is 0.833. The van der Waals surface area contributed by atoms with Gasteiger partial charge in [-0.1, -0.05) is 5.11 Å². The summed E-state index contributed by atoms with van der Waals surface area (Å²) < 4.78 is 5.12. The van der Waals surface area contributed by atoms with Crippen LogP contribution in [-0.4, -0.2) is 19.8 Å². The first-order valence-corrected chi connectivity index (χ1v) is 3.26. The van der Waals surface area contributed by atoms with Crippen molar-refractivity contribution in [3.8, 4) is 0 Å². The van der Waals surface area contributed by atoms with Gasteiger partial charge < -0.3 is 4.74 Å². The number of azide groups is 1. The van der Waals surface area contributed by atoms with Crippen LogP contribution in [0.3, 0.4) is 0 Å². The number of ether oxygens (including phenoxy) is 1. The van der Waals surface area contributed by atoms with Gasteiger partial charge in [0, 0.05) is 24.7 Å². The zero-order valence-electron chi connectivity index (χ0n) is 5.73. The van der Waals surface area contributed by atoms with Crippen molar-refractivity contribution in [1.29, 1.82) is 0 Å². The molecule has 0 aromatic rings. The fourth-order valence-corrected chi connectivity index (χ4v) is 0.986. The van der Waals surface area contributed by atoms with Gasteiger partial charge in [0.2, 0.25) is 0 Å². The molecule has 4 heteroatoms. The molecule has 0 aromatic heterocycles. The Kier molecular flexibility index (Phi) is 2.54. The Morgan fingerprint density at radius 3 is 3.00 bits per heavy atom. The van der Waals surface area contributed by atoms with E-state index in [2.05, 4.69) is 16.9 Å². The molecule has 10 heavy (non-hydrogen) atoms. The van der Waals surface area contributed by atoms with Crippen molar-refractivity contribution in [3.05, 3.63) is 17.4 Å². The van der Waals surface area contributed by atoms with Crippen LogP contribution in [0.1, 0.15) is 0 Å². The third-order valence-corrected chi connectivity index (χ3v) is 1.71. The van der Waals surface area contributed by atoms with Crippen molar-refractivity contribution >= 4 is 0 Å². The van der Waals surface area contributed by atoms with Gasteiger partial charge in [-0.2, -0.15) is 0 Å². The van der Waals surface area contributed by atoms with E-state index in [0.29, 0.717) is 31.6 Å². The van der Waals surface area contributed by atoms with Crippen LogP contribution in [0, 0.1) is 18.8 Å². The Morgan fingerprint density at radius 2 is 2.50 bits per heavy atom. The molecule has 0 N–H and O–H groups in total. The van der Waals surface area contributed by atoms with Crippen LogP contribution in [-0.2, 0) is 4.74 Å². The highest BCUT2D eigenvalue weighted by Crippen LogP contribution is 2.19. The van der Waals surface area contributed by atoms with E-state index in [-0.39, 0.29) is 0 Å². The minimum Gasteiger partial charge on any atom is -0.381 e. The average Bonchev–Trinajstić information content (AvgIpc) is 2.31. The zero-order valence-corrected chi connectivity index (χ0v) is 5.73. The maximum absolute atomic E-state index is 8.01. The Bertz CT molecular complexity index is 153. The monoisotopic (exact) mass is 140 g/mol. The summed E-state index contributed by atoms with van der Waals surface area (Å²) in [5.74, 6) is 0.626. The van der Waals surface area contributed by atoms with Crippen LogP contribution in [0.4, 0.5) is 0 Å².